The summed E-state index contributed by atoms with van der Waals surface area (Å²) in [6, 6.07) is 5.53. The minimum atomic E-state index is 0.214. The largest absolute Gasteiger partial charge is 0.504 e. The smallest absolute Gasteiger partial charge is 0.161 e. The molecular formula is C14H21NO2. The van der Waals surface area contributed by atoms with Gasteiger partial charge in [-0.1, -0.05) is 13.0 Å². The Labute approximate surface area is 103 Å². The van der Waals surface area contributed by atoms with Crippen LogP contribution in [-0.4, -0.2) is 18.3 Å². The van der Waals surface area contributed by atoms with Gasteiger partial charge >= 0.3 is 0 Å². The van der Waals surface area contributed by atoms with Crippen molar-refractivity contribution in [2.75, 3.05) is 13.2 Å². The molecule has 0 amide bonds. The predicted molar refractivity (Wildman–Crippen MR) is 68.3 cm³/mol. The fourth-order valence-corrected chi connectivity index (χ4v) is 2.03. The van der Waals surface area contributed by atoms with E-state index in [1.165, 1.54) is 6.42 Å². The topological polar surface area (TPSA) is 41.5 Å². The molecule has 3 nitrogen and oxygen atoms in total. The van der Waals surface area contributed by atoms with Gasteiger partial charge in [0.25, 0.3) is 0 Å². The Kier molecular flexibility index (Phi) is 3.89. The van der Waals surface area contributed by atoms with Crippen molar-refractivity contribution < 1.29 is 9.84 Å². The maximum absolute atomic E-state index is 9.58. The molecule has 1 saturated carbocycles. The number of rotatable bonds is 6. The molecule has 2 rings (SSSR count). The minimum absolute atomic E-state index is 0.214. The number of benzene rings is 1. The SMILES string of the molecule is CCOc1cc(CNCC2CC2C)ccc1O. The maximum Gasteiger partial charge on any atom is 0.161 e. The van der Waals surface area contributed by atoms with Crippen LogP contribution in [0.15, 0.2) is 18.2 Å². The second kappa shape index (κ2) is 5.41. The van der Waals surface area contributed by atoms with Crippen molar-refractivity contribution in [3.8, 4) is 11.5 Å². The molecule has 3 heteroatoms. The van der Waals surface area contributed by atoms with Crippen LogP contribution in [0, 0.1) is 11.8 Å². The summed E-state index contributed by atoms with van der Waals surface area (Å²) in [4.78, 5) is 0. The van der Waals surface area contributed by atoms with Gasteiger partial charge < -0.3 is 15.2 Å². The standard InChI is InChI=1S/C14H21NO2/c1-3-17-14-7-11(4-5-13(14)16)8-15-9-12-6-10(12)2/h4-5,7,10,12,15-16H,3,6,8-9H2,1-2H3. The molecule has 0 aliphatic heterocycles. The van der Waals surface area contributed by atoms with E-state index in [1.807, 2.05) is 19.1 Å². The molecule has 0 heterocycles. The van der Waals surface area contributed by atoms with Gasteiger partial charge in [-0.05, 0) is 49.4 Å². The summed E-state index contributed by atoms with van der Waals surface area (Å²) in [5, 5.41) is 13.0. The molecule has 2 N–H and O–H groups in total. The lowest BCUT2D eigenvalue weighted by Gasteiger charge is -2.09. The highest BCUT2D eigenvalue weighted by Crippen LogP contribution is 2.36. The number of hydrogen-bond donors (Lipinski definition) is 2. The van der Waals surface area contributed by atoms with Crippen molar-refractivity contribution in [2.45, 2.75) is 26.8 Å². The molecule has 1 fully saturated rings. The average Bonchev–Trinajstić information content (AvgIpc) is 3.00. The highest BCUT2D eigenvalue weighted by molar-refractivity contribution is 5.41. The van der Waals surface area contributed by atoms with Gasteiger partial charge in [0.05, 0.1) is 6.61 Å². The van der Waals surface area contributed by atoms with Gasteiger partial charge in [0.1, 0.15) is 0 Å². The molecular weight excluding hydrogens is 214 g/mol. The van der Waals surface area contributed by atoms with Crippen LogP contribution in [-0.2, 0) is 6.54 Å². The molecule has 1 aliphatic carbocycles. The third-order valence-electron chi connectivity index (χ3n) is 3.34. The summed E-state index contributed by atoms with van der Waals surface area (Å²) in [5.41, 5.74) is 1.15. The summed E-state index contributed by atoms with van der Waals surface area (Å²) >= 11 is 0. The summed E-state index contributed by atoms with van der Waals surface area (Å²) in [6.07, 6.45) is 1.35. The van der Waals surface area contributed by atoms with E-state index in [-0.39, 0.29) is 5.75 Å². The zero-order valence-electron chi connectivity index (χ0n) is 10.6. The van der Waals surface area contributed by atoms with Crippen molar-refractivity contribution in [3.63, 3.8) is 0 Å². The van der Waals surface area contributed by atoms with E-state index in [4.69, 9.17) is 4.74 Å². The number of phenolic OH excluding ortho intramolecular Hbond substituents is 1. The third kappa shape index (κ3) is 3.37. The summed E-state index contributed by atoms with van der Waals surface area (Å²) in [6.45, 7) is 6.71. The van der Waals surface area contributed by atoms with E-state index >= 15 is 0 Å². The van der Waals surface area contributed by atoms with E-state index in [0.717, 1.165) is 30.5 Å². The first-order valence-corrected chi connectivity index (χ1v) is 6.36. The molecule has 0 saturated heterocycles. The Morgan fingerprint density at radius 2 is 2.24 bits per heavy atom. The van der Waals surface area contributed by atoms with Gasteiger partial charge in [-0.15, -0.1) is 0 Å². The number of ether oxygens (including phenoxy) is 1. The van der Waals surface area contributed by atoms with E-state index < -0.39 is 0 Å². The first kappa shape index (κ1) is 12.2. The summed E-state index contributed by atoms with van der Waals surface area (Å²) < 4.78 is 5.36. The Bertz CT molecular complexity index is 378. The predicted octanol–water partition coefficient (Wildman–Crippen LogP) is 2.54. The van der Waals surface area contributed by atoms with Crippen LogP contribution in [0.5, 0.6) is 11.5 Å². The van der Waals surface area contributed by atoms with Crippen LogP contribution in [0.25, 0.3) is 0 Å². The molecule has 17 heavy (non-hydrogen) atoms. The molecule has 0 bridgehead atoms. The van der Waals surface area contributed by atoms with E-state index in [1.54, 1.807) is 6.07 Å². The first-order valence-electron chi connectivity index (χ1n) is 6.36. The van der Waals surface area contributed by atoms with E-state index in [9.17, 15) is 5.11 Å². The Morgan fingerprint density at radius 3 is 2.88 bits per heavy atom. The summed E-state index contributed by atoms with van der Waals surface area (Å²) in [7, 11) is 0. The Morgan fingerprint density at radius 1 is 1.47 bits per heavy atom. The number of hydrogen-bond acceptors (Lipinski definition) is 3. The maximum atomic E-state index is 9.58. The van der Waals surface area contributed by atoms with Gasteiger partial charge in [-0.2, -0.15) is 0 Å². The van der Waals surface area contributed by atoms with Crippen LogP contribution in [0.1, 0.15) is 25.8 Å². The lowest BCUT2D eigenvalue weighted by molar-refractivity contribution is 0.317. The average molecular weight is 235 g/mol. The van der Waals surface area contributed by atoms with Crippen molar-refractivity contribution in [1.29, 1.82) is 0 Å². The fraction of sp³-hybridized carbons (Fsp3) is 0.571. The van der Waals surface area contributed by atoms with Crippen LogP contribution >= 0.6 is 0 Å². The van der Waals surface area contributed by atoms with Crippen molar-refractivity contribution >= 4 is 0 Å². The first-order chi connectivity index (χ1) is 8.20. The lowest BCUT2D eigenvalue weighted by atomic mass is 10.2. The van der Waals surface area contributed by atoms with Crippen LogP contribution in [0.3, 0.4) is 0 Å². The van der Waals surface area contributed by atoms with Gasteiger partial charge in [-0.25, -0.2) is 0 Å². The zero-order chi connectivity index (χ0) is 12.3. The number of phenols is 1. The molecule has 1 aliphatic rings. The minimum Gasteiger partial charge on any atom is -0.504 e. The van der Waals surface area contributed by atoms with Gasteiger partial charge in [0, 0.05) is 6.54 Å². The van der Waals surface area contributed by atoms with Crippen LogP contribution in [0.2, 0.25) is 0 Å². The second-order valence-electron chi connectivity index (χ2n) is 4.84. The molecule has 2 unspecified atom stereocenters. The lowest BCUT2D eigenvalue weighted by Crippen LogP contribution is -2.16. The third-order valence-corrected chi connectivity index (χ3v) is 3.34. The van der Waals surface area contributed by atoms with Gasteiger partial charge in [-0.3, -0.25) is 0 Å². The van der Waals surface area contributed by atoms with Crippen molar-refractivity contribution in [3.05, 3.63) is 23.8 Å². The van der Waals surface area contributed by atoms with Crippen molar-refractivity contribution in [2.24, 2.45) is 11.8 Å². The molecule has 1 aromatic rings. The number of nitrogens with one attached hydrogen (secondary N) is 1. The normalized spacial score (nSPS) is 22.5. The highest BCUT2D eigenvalue weighted by Gasteiger charge is 2.31. The Hall–Kier alpha value is -1.22. The monoisotopic (exact) mass is 235 g/mol. The van der Waals surface area contributed by atoms with Gasteiger partial charge in [0.2, 0.25) is 0 Å². The molecule has 2 atom stereocenters. The molecule has 0 spiro atoms. The van der Waals surface area contributed by atoms with E-state index in [0.29, 0.717) is 12.4 Å². The molecule has 0 radical (unpaired) electrons. The van der Waals surface area contributed by atoms with Crippen molar-refractivity contribution in [1.82, 2.24) is 5.32 Å². The van der Waals surface area contributed by atoms with Crippen LogP contribution < -0.4 is 10.1 Å². The second-order valence-corrected chi connectivity index (χ2v) is 4.84. The number of aromatic hydroxyl groups is 1. The highest BCUT2D eigenvalue weighted by atomic mass is 16.5. The quantitative estimate of drug-likeness (QED) is 0.796. The molecule has 0 aromatic heterocycles. The Balaban J connectivity index is 1.85. The van der Waals surface area contributed by atoms with Crippen LogP contribution in [0.4, 0.5) is 0 Å². The van der Waals surface area contributed by atoms with E-state index in [2.05, 4.69) is 12.2 Å². The molecule has 94 valence electrons. The molecule has 1 aromatic carbocycles. The fourth-order valence-electron chi connectivity index (χ4n) is 2.03. The van der Waals surface area contributed by atoms with Gasteiger partial charge in [0.15, 0.2) is 11.5 Å². The zero-order valence-corrected chi connectivity index (χ0v) is 10.6. The summed E-state index contributed by atoms with van der Waals surface area (Å²) in [5.74, 6) is 2.54.